The molecule has 2 aromatic rings. The molecule has 0 aliphatic carbocycles. The van der Waals surface area contributed by atoms with Crippen molar-refractivity contribution in [3.63, 3.8) is 0 Å². The Morgan fingerprint density at radius 1 is 1.59 bits per heavy atom. The Morgan fingerprint density at radius 3 is 3.06 bits per heavy atom. The van der Waals surface area contributed by atoms with Crippen LogP contribution in [0.25, 0.3) is 10.2 Å². The third-order valence-electron chi connectivity index (χ3n) is 2.32. The van der Waals surface area contributed by atoms with Crippen molar-refractivity contribution in [3.8, 4) is 0 Å². The van der Waals surface area contributed by atoms with E-state index >= 15 is 0 Å². The predicted molar refractivity (Wildman–Crippen MR) is 67.5 cm³/mol. The van der Waals surface area contributed by atoms with Crippen LogP contribution in [0.3, 0.4) is 0 Å². The molecule has 0 radical (unpaired) electrons. The maximum absolute atomic E-state index is 10.6. The fourth-order valence-corrected chi connectivity index (χ4v) is 2.48. The highest BCUT2D eigenvalue weighted by molar-refractivity contribution is 7.18. The number of hydrogen-bond donors (Lipinski definition) is 2. The third-order valence-corrected chi connectivity index (χ3v) is 3.28. The van der Waals surface area contributed by atoms with E-state index in [4.69, 9.17) is 5.11 Å². The van der Waals surface area contributed by atoms with Gasteiger partial charge in [-0.15, -0.1) is 11.3 Å². The second-order valence-corrected chi connectivity index (χ2v) is 5.18. The summed E-state index contributed by atoms with van der Waals surface area (Å²) >= 11 is 1.60. The molecule has 2 N–H and O–H groups in total. The average molecular weight is 251 g/mol. The Labute approximate surface area is 103 Å². The van der Waals surface area contributed by atoms with Crippen LogP contribution in [0.15, 0.2) is 12.4 Å². The molecule has 17 heavy (non-hydrogen) atoms. The highest BCUT2D eigenvalue weighted by atomic mass is 32.1. The van der Waals surface area contributed by atoms with Crippen molar-refractivity contribution in [1.82, 2.24) is 9.97 Å². The van der Waals surface area contributed by atoms with Gasteiger partial charge in [0.05, 0.1) is 11.8 Å². The lowest BCUT2D eigenvalue weighted by molar-refractivity contribution is -0.137. The van der Waals surface area contributed by atoms with Crippen molar-refractivity contribution in [2.45, 2.75) is 26.3 Å². The summed E-state index contributed by atoms with van der Waals surface area (Å²) in [6, 6.07) is 1.85. The smallest absolute Gasteiger partial charge is 0.305 e. The minimum absolute atomic E-state index is 0.0641. The number of hydrogen-bond acceptors (Lipinski definition) is 5. The minimum atomic E-state index is -0.822. The number of aromatic nitrogens is 2. The standard InChI is InChI=1S/C11H13N3O2S/c1-6(3-9(15)16)14-10-8-4-7(2)17-11(8)13-5-12-10/h4-6H,3H2,1-2H3,(H,15,16)(H,12,13,14). The quantitative estimate of drug-likeness (QED) is 0.871. The topological polar surface area (TPSA) is 75.1 Å². The van der Waals surface area contributed by atoms with Crippen LogP contribution in [0.5, 0.6) is 0 Å². The van der Waals surface area contributed by atoms with Crippen LogP contribution in [0.2, 0.25) is 0 Å². The second-order valence-electron chi connectivity index (χ2n) is 3.94. The average Bonchev–Trinajstić information content (AvgIpc) is 2.58. The lowest BCUT2D eigenvalue weighted by Crippen LogP contribution is -2.20. The van der Waals surface area contributed by atoms with Crippen molar-refractivity contribution < 1.29 is 9.90 Å². The highest BCUT2D eigenvalue weighted by Crippen LogP contribution is 2.27. The van der Waals surface area contributed by atoms with Gasteiger partial charge >= 0.3 is 5.97 Å². The summed E-state index contributed by atoms with van der Waals surface area (Å²) in [4.78, 5) is 21.0. The van der Waals surface area contributed by atoms with Gasteiger partial charge in [-0.05, 0) is 19.9 Å². The first kappa shape index (κ1) is 11.8. The number of fused-ring (bicyclic) bond motifs is 1. The normalized spacial score (nSPS) is 12.6. The molecule has 2 heterocycles. The number of aliphatic carboxylic acids is 1. The van der Waals surface area contributed by atoms with Crippen LogP contribution in [0.1, 0.15) is 18.2 Å². The molecule has 0 fully saturated rings. The molecule has 0 aliphatic heterocycles. The van der Waals surface area contributed by atoms with E-state index < -0.39 is 5.97 Å². The van der Waals surface area contributed by atoms with Gasteiger partial charge in [-0.2, -0.15) is 0 Å². The van der Waals surface area contributed by atoms with E-state index in [0.717, 1.165) is 15.1 Å². The zero-order chi connectivity index (χ0) is 12.4. The summed E-state index contributed by atoms with van der Waals surface area (Å²) in [6.45, 7) is 3.83. The first-order chi connectivity index (χ1) is 8.06. The van der Waals surface area contributed by atoms with E-state index in [9.17, 15) is 4.79 Å². The van der Waals surface area contributed by atoms with Gasteiger partial charge in [0.2, 0.25) is 0 Å². The zero-order valence-electron chi connectivity index (χ0n) is 9.60. The summed E-state index contributed by atoms with van der Waals surface area (Å²) in [7, 11) is 0. The van der Waals surface area contributed by atoms with E-state index in [1.54, 1.807) is 11.3 Å². The first-order valence-corrected chi connectivity index (χ1v) is 6.07. The molecule has 6 heteroatoms. The van der Waals surface area contributed by atoms with Crippen molar-refractivity contribution in [3.05, 3.63) is 17.3 Å². The molecule has 0 spiro atoms. The maximum Gasteiger partial charge on any atom is 0.305 e. The van der Waals surface area contributed by atoms with Gasteiger partial charge < -0.3 is 10.4 Å². The third kappa shape index (κ3) is 2.71. The van der Waals surface area contributed by atoms with Gasteiger partial charge in [-0.3, -0.25) is 4.79 Å². The molecule has 90 valence electrons. The Morgan fingerprint density at radius 2 is 2.35 bits per heavy atom. The van der Waals surface area contributed by atoms with Gasteiger partial charge in [-0.1, -0.05) is 0 Å². The minimum Gasteiger partial charge on any atom is -0.481 e. The molecule has 0 aromatic carbocycles. The molecule has 2 aromatic heterocycles. The molecule has 0 bridgehead atoms. The van der Waals surface area contributed by atoms with Crippen LogP contribution < -0.4 is 5.32 Å². The Balaban J connectivity index is 2.26. The number of aryl methyl sites for hydroxylation is 1. The number of anilines is 1. The Kier molecular flexibility index (Phi) is 3.23. The van der Waals surface area contributed by atoms with E-state index in [-0.39, 0.29) is 12.5 Å². The number of nitrogens with one attached hydrogen (secondary N) is 1. The Bertz CT molecular complexity index is 553. The number of thiophene rings is 1. The number of nitrogens with zero attached hydrogens (tertiary/aromatic N) is 2. The van der Waals surface area contributed by atoms with Crippen molar-refractivity contribution in [2.24, 2.45) is 0 Å². The fraction of sp³-hybridized carbons (Fsp3) is 0.364. The van der Waals surface area contributed by atoms with Crippen LogP contribution in [-0.4, -0.2) is 27.1 Å². The van der Waals surface area contributed by atoms with Gasteiger partial charge in [0, 0.05) is 10.9 Å². The number of carboxylic acid groups (broad SMARTS) is 1. The molecule has 2 rings (SSSR count). The van der Waals surface area contributed by atoms with Crippen LogP contribution in [-0.2, 0) is 4.79 Å². The predicted octanol–water partition coefficient (Wildman–Crippen LogP) is 2.27. The van der Waals surface area contributed by atoms with Crippen molar-refractivity contribution in [2.75, 3.05) is 5.32 Å². The van der Waals surface area contributed by atoms with E-state index in [2.05, 4.69) is 15.3 Å². The molecule has 1 atom stereocenters. The first-order valence-electron chi connectivity index (χ1n) is 5.25. The number of rotatable bonds is 4. The van der Waals surface area contributed by atoms with Gasteiger partial charge in [0.15, 0.2) is 0 Å². The van der Waals surface area contributed by atoms with Crippen LogP contribution in [0, 0.1) is 6.92 Å². The van der Waals surface area contributed by atoms with Crippen molar-refractivity contribution >= 4 is 33.3 Å². The SMILES string of the molecule is Cc1cc2c(NC(C)CC(=O)O)ncnc2s1. The van der Waals surface area contributed by atoms with Crippen molar-refractivity contribution in [1.29, 1.82) is 0 Å². The highest BCUT2D eigenvalue weighted by Gasteiger charge is 2.11. The summed E-state index contributed by atoms with van der Waals surface area (Å²) in [5, 5.41) is 12.8. The van der Waals surface area contributed by atoms with E-state index in [1.165, 1.54) is 6.33 Å². The maximum atomic E-state index is 10.6. The lowest BCUT2D eigenvalue weighted by Gasteiger charge is -2.12. The monoisotopic (exact) mass is 251 g/mol. The summed E-state index contributed by atoms with van der Waals surface area (Å²) in [6.07, 6.45) is 1.56. The molecule has 0 aliphatic rings. The summed E-state index contributed by atoms with van der Waals surface area (Å²) in [5.74, 6) is -0.120. The van der Waals surface area contributed by atoms with E-state index in [1.807, 2.05) is 19.9 Å². The van der Waals surface area contributed by atoms with Gasteiger partial charge in [-0.25, -0.2) is 9.97 Å². The Hall–Kier alpha value is -1.69. The molecular formula is C11H13N3O2S. The molecule has 0 amide bonds. The largest absolute Gasteiger partial charge is 0.481 e. The fourth-order valence-electron chi connectivity index (χ4n) is 1.64. The molecule has 0 saturated carbocycles. The molecule has 5 nitrogen and oxygen atoms in total. The van der Waals surface area contributed by atoms with Crippen LogP contribution in [0.4, 0.5) is 5.82 Å². The molecular weight excluding hydrogens is 238 g/mol. The lowest BCUT2D eigenvalue weighted by atomic mass is 10.2. The zero-order valence-corrected chi connectivity index (χ0v) is 10.4. The van der Waals surface area contributed by atoms with Gasteiger partial charge in [0.1, 0.15) is 17.0 Å². The second kappa shape index (κ2) is 4.67. The molecule has 1 unspecified atom stereocenters. The van der Waals surface area contributed by atoms with Gasteiger partial charge in [0.25, 0.3) is 0 Å². The molecule has 0 saturated heterocycles. The van der Waals surface area contributed by atoms with E-state index in [0.29, 0.717) is 5.82 Å². The van der Waals surface area contributed by atoms with Crippen LogP contribution >= 0.6 is 11.3 Å². The summed E-state index contributed by atoms with van der Waals surface area (Å²) in [5.41, 5.74) is 0. The summed E-state index contributed by atoms with van der Waals surface area (Å²) < 4.78 is 0. The number of carbonyl (C=O) groups is 1. The number of carboxylic acids is 1.